The standard InChI is InChI=1S/C16H19N3.ClH/c1-12-18-15(13-6-3-2-4-7-13)10-16(19-12)14-8-5-9-17-11-14;/h2-4,6-7,10,14,17H,5,8-9,11H2,1H3;1H. The Labute approximate surface area is 126 Å². The third-order valence-electron chi connectivity index (χ3n) is 3.64. The Bertz CT molecular complexity index is 551. The predicted octanol–water partition coefficient (Wildman–Crippen LogP) is 3.34. The molecule has 1 fully saturated rings. The zero-order valence-electron chi connectivity index (χ0n) is 11.7. The van der Waals surface area contributed by atoms with Crippen molar-refractivity contribution in [3.8, 4) is 11.3 Å². The van der Waals surface area contributed by atoms with Gasteiger partial charge in [0.05, 0.1) is 5.69 Å². The summed E-state index contributed by atoms with van der Waals surface area (Å²) in [6, 6.07) is 12.5. The van der Waals surface area contributed by atoms with Gasteiger partial charge in [0.15, 0.2) is 0 Å². The van der Waals surface area contributed by atoms with Crippen LogP contribution in [0, 0.1) is 6.92 Å². The van der Waals surface area contributed by atoms with E-state index in [0.717, 1.165) is 30.2 Å². The minimum Gasteiger partial charge on any atom is -0.316 e. The van der Waals surface area contributed by atoms with Crippen molar-refractivity contribution in [2.45, 2.75) is 25.7 Å². The molecule has 1 atom stereocenters. The van der Waals surface area contributed by atoms with Gasteiger partial charge in [-0.05, 0) is 32.4 Å². The number of halogens is 1. The Morgan fingerprint density at radius 1 is 1.15 bits per heavy atom. The largest absolute Gasteiger partial charge is 0.316 e. The summed E-state index contributed by atoms with van der Waals surface area (Å²) in [5.41, 5.74) is 3.38. The zero-order valence-corrected chi connectivity index (χ0v) is 12.5. The molecular formula is C16H20ClN3. The highest BCUT2D eigenvalue weighted by Crippen LogP contribution is 2.25. The first-order chi connectivity index (χ1) is 9.33. The fraction of sp³-hybridized carbons (Fsp3) is 0.375. The fourth-order valence-electron chi connectivity index (χ4n) is 2.66. The van der Waals surface area contributed by atoms with Crippen molar-refractivity contribution < 1.29 is 0 Å². The number of benzene rings is 1. The topological polar surface area (TPSA) is 37.8 Å². The van der Waals surface area contributed by atoms with Gasteiger partial charge in [0, 0.05) is 23.7 Å². The summed E-state index contributed by atoms with van der Waals surface area (Å²) in [6.45, 7) is 4.14. The molecule has 1 aliphatic heterocycles. The molecule has 1 aliphatic rings. The maximum Gasteiger partial charge on any atom is 0.126 e. The highest BCUT2D eigenvalue weighted by atomic mass is 35.5. The molecule has 0 amide bonds. The summed E-state index contributed by atoms with van der Waals surface area (Å²) in [6.07, 6.45) is 2.45. The van der Waals surface area contributed by atoms with Gasteiger partial charge in [0.1, 0.15) is 5.82 Å². The molecule has 0 saturated carbocycles. The molecule has 1 N–H and O–H groups in total. The summed E-state index contributed by atoms with van der Waals surface area (Å²) in [4.78, 5) is 9.20. The van der Waals surface area contributed by atoms with Crippen LogP contribution in [0.5, 0.6) is 0 Å². The summed E-state index contributed by atoms with van der Waals surface area (Å²) in [5, 5.41) is 3.45. The van der Waals surface area contributed by atoms with Gasteiger partial charge in [-0.1, -0.05) is 30.3 Å². The number of nitrogens with one attached hydrogen (secondary N) is 1. The quantitative estimate of drug-likeness (QED) is 0.921. The first-order valence-electron chi connectivity index (χ1n) is 6.94. The number of piperidine rings is 1. The van der Waals surface area contributed by atoms with E-state index in [1.54, 1.807) is 0 Å². The molecule has 3 nitrogen and oxygen atoms in total. The third-order valence-corrected chi connectivity index (χ3v) is 3.64. The van der Waals surface area contributed by atoms with E-state index in [1.807, 2.05) is 13.0 Å². The molecule has 106 valence electrons. The monoisotopic (exact) mass is 289 g/mol. The van der Waals surface area contributed by atoms with Crippen LogP contribution < -0.4 is 5.32 Å². The Balaban J connectivity index is 0.00000147. The molecule has 0 radical (unpaired) electrons. The van der Waals surface area contributed by atoms with Crippen molar-refractivity contribution >= 4 is 12.4 Å². The lowest BCUT2D eigenvalue weighted by Gasteiger charge is -2.22. The summed E-state index contributed by atoms with van der Waals surface area (Å²) < 4.78 is 0. The van der Waals surface area contributed by atoms with Crippen molar-refractivity contribution in [2.75, 3.05) is 13.1 Å². The van der Waals surface area contributed by atoms with Crippen LogP contribution in [0.4, 0.5) is 0 Å². The second-order valence-corrected chi connectivity index (χ2v) is 5.13. The molecule has 20 heavy (non-hydrogen) atoms. The molecule has 1 aromatic carbocycles. The molecule has 4 heteroatoms. The maximum atomic E-state index is 4.63. The van der Waals surface area contributed by atoms with Crippen molar-refractivity contribution in [3.05, 3.63) is 47.9 Å². The normalized spacial score (nSPS) is 18.4. The van der Waals surface area contributed by atoms with Gasteiger partial charge in [-0.15, -0.1) is 12.4 Å². The predicted molar refractivity (Wildman–Crippen MR) is 84.3 cm³/mol. The average molecular weight is 290 g/mol. The smallest absolute Gasteiger partial charge is 0.126 e. The highest BCUT2D eigenvalue weighted by Gasteiger charge is 2.17. The van der Waals surface area contributed by atoms with E-state index in [9.17, 15) is 0 Å². The highest BCUT2D eigenvalue weighted by molar-refractivity contribution is 5.85. The van der Waals surface area contributed by atoms with Gasteiger partial charge in [-0.2, -0.15) is 0 Å². The summed E-state index contributed by atoms with van der Waals surface area (Å²) in [7, 11) is 0. The van der Waals surface area contributed by atoms with Crippen LogP contribution >= 0.6 is 12.4 Å². The van der Waals surface area contributed by atoms with E-state index in [4.69, 9.17) is 0 Å². The molecule has 1 unspecified atom stereocenters. The number of hydrogen-bond donors (Lipinski definition) is 1. The number of aryl methyl sites for hydroxylation is 1. The van der Waals surface area contributed by atoms with Crippen LogP contribution in [-0.4, -0.2) is 23.1 Å². The Kier molecular flexibility index (Phi) is 5.10. The second kappa shape index (κ2) is 6.82. The zero-order chi connectivity index (χ0) is 13.1. The minimum atomic E-state index is 0. The van der Waals surface area contributed by atoms with E-state index in [1.165, 1.54) is 18.5 Å². The fourth-order valence-corrected chi connectivity index (χ4v) is 2.66. The van der Waals surface area contributed by atoms with E-state index in [2.05, 4.69) is 45.6 Å². The van der Waals surface area contributed by atoms with Crippen LogP contribution in [0.2, 0.25) is 0 Å². The third kappa shape index (κ3) is 3.35. The van der Waals surface area contributed by atoms with Gasteiger partial charge in [0.25, 0.3) is 0 Å². The maximum absolute atomic E-state index is 4.63. The summed E-state index contributed by atoms with van der Waals surface area (Å²) >= 11 is 0. The Morgan fingerprint density at radius 3 is 2.65 bits per heavy atom. The van der Waals surface area contributed by atoms with Crippen LogP contribution in [0.3, 0.4) is 0 Å². The SMILES string of the molecule is Cc1nc(-c2ccccc2)cc(C2CCCNC2)n1.Cl. The Morgan fingerprint density at radius 2 is 1.95 bits per heavy atom. The first kappa shape index (κ1) is 14.9. The molecular weight excluding hydrogens is 270 g/mol. The molecule has 1 saturated heterocycles. The van der Waals surface area contributed by atoms with Crippen LogP contribution in [-0.2, 0) is 0 Å². The molecule has 0 aliphatic carbocycles. The van der Waals surface area contributed by atoms with Crippen LogP contribution in [0.25, 0.3) is 11.3 Å². The number of rotatable bonds is 2. The van der Waals surface area contributed by atoms with Crippen molar-refractivity contribution in [1.82, 2.24) is 15.3 Å². The number of hydrogen-bond acceptors (Lipinski definition) is 3. The lowest BCUT2D eigenvalue weighted by molar-refractivity contribution is 0.453. The van der Waals surface area contributed by atoms with Crippen molar-refractivity contribution in [3.63, 3.8) is 0 Å². The van der Waals surface area contributed by atoms with E-state index in [0.29, 0.717) is 5.92 Å². The molecule has 0 spiro atoms. The number of nitrogens with zero attached hydrogens (tertiary/aromatic N) is 2. The van der Waals surface area contributed by atoms with Gasteiger partial charge in [0.2, 0.25) is 0 Å². The first-order valence-corrected chi connectivity index (χ1v) is 6.94. The molecule has 2 heterocycles. The van der Waals surface area contributed by atoms with E-state index >= 15 is 0 Å². The second-order valence-electron chi connectivity index (χ2n) is 5.13. The van der Waals surface area contributed by atoms with Gasteiger partial charge in [-0.25, -0.2) is 9.97 Å². The van der Waals surface area contributed by atoms with E-state index in [-0.39, 0.29) is 12.4 Å². The lowest BCUT2D eigenvalue weighted by Crippen LogP contribution is -2.29. The lowest BCUT2D eigenvalue weighted by atomic mass is 9.95. The van der Waals surface area contributed by atoms with Crippen LogP contribution in [0.1, 0.15) is 30.3 Å². The van der Waals surface area contributed by atoms with Crippen molar-refractivity contribution in [1.29, 1.82) is 0 Å². The van der Waals surface area contributed by atoms with Gasteiger partial charge in [-0.3, -0.25) is 0 Å². The molecule has 2 aromatic rings. The molecule has 1 aromatic heterocycles. The minimum absolute atomic E-state index is 0. The molecule has 0 bridgehead atoms. The molecule has 3 rings (SSSR count). The summed E-state index contributed by atoms with van der Waals surface area (Å²) in [5.74, 6) is 1.39. The van der Waals surface area contributed by atoms with Crippen molar-refractivity contribution in [2.24, 2.45) is 0 Å². The number of aromatic nitrogens is 2. The van der Waals surface area contributed by atoms with Crippen LogP contribution in [0.15, 0.2) is 36.4 Å². The van der Waals surface area contributed by atoms with Gasteiger partial charge >= 0.3 is 0 Å². The van der Waals surface area contributed by atoms with Gasteiger partial charge < -0.3 is 5.32 Å². The van der Waals surface area contributed by atoms with E-state index < -0.39 is 0 Å². The average Bonchev–Trinajstić information content (AvgIpc) is 2.48. The Hall–Kier alpha value is -1.45.